The summed E-state index contributed by atoms with van der Waals surface area (Å²) in [7, 11) is 1.63. The second kappa shape index (κ2) is 10.5. The second-order valence-corrected chi connectivity index (χ2v) is 7.75. The molecule has 6 heteroatoms. The lowest BCUT2D eigenvalue weighted by Gasteiger charge is -2.12. The van der Waals surface area contributed by atoms with Crippen molar-refractivity contribution < 1.29 is 14.3 Å². The van der Waals surface area contributed by atoms with Crippen LogP contribution in [0, 0.1) is 6.92 Å². The van der Waals surface area contributed by atoms with Gasteiger partial charge in [0.05, 0.1) is 24.1 Å². The number of carbonyl (C=O) groups excluding carboxylic acids is 2. The Kier molecular flexibility index (Phi) is 7.51. The fourth-order valence-electron chi connectivity index (χ4n) is 2.92. The van der Waals surface area contributed by atoms with Gasteiger partial charge in [0, 0.05) is 11.4 Å². The van der Waals surface area contributed by atoms with Crippen molar-refractivity contribution in [1.82, 2.24) is 0 Å². The summed E-state index contributed by atoms with van der Waals surface area (Å²) in [4.78, 5) is 25.1. The predicted molar refractivity (Wildman–Crippen MR) is 123 cm³/mol. The van der Waals surface area contributed by atoms with Gasteiger partial charge < -0.3 is 15.4 Å². The molecule has 154 valence electrons. The molecule has 0 unspecified atom stereocenters. The molecule has 0 saturated heterocycles. The third kappa shape index (κ3) is 6.12. The number of ether oxygens (including phenoxy) is 1. The van der Waals surface area contributed by atoms with Gasteiger partial charge in [-0.15, -0.1) is 11.8 Å². The van der Waals surface area contributed by atoms with Gasteiger partial charge in [-0.2, -0.15) is 0 Å². The molecule has 0 aliphatic rings. The number of methoxy groups -OCH3 is 1. The van der Waals surface area contributed by atoms with Crippen LogP contribution in [-0.2, 0) is 10.5 Å². The summed E-state index contributed by atoms with van der Waals surface area (Å²) in [6, 6.07) is 22.4. The Balaban J connectivity index is 1.58. The highest BCUT2D eigenvalue weighted by Gasteiger charge is 2.13. The lowest BCUT2D eigenvalue weighted by molar-refractivity contribution is -0.113. The van der Waals surface area contributed by atoms with E-state index in [0.29, 0.717) is 17.0 Å². The van der Waals surface area contributed by atoms with E-state index >= 15 is 0 Å². The number of benzene rings is 3. The van der Waals surface area contributed by atoms with Gasteiger partial charge in [-0.05, 0) is 54.4 Å². The first-order valence-electron chi connectivity index (χ1n) is 9.53. The van der Waals surface area contributed by atoms with Crippen LogP contribution in [0.2, 0.25) is 0 Å². The summed E-state index contributed by atoms with van der Waals surface area (Å²) in [5, 5.41) is 5.73. The number of aryl methyl sites for hydroxylation is 1. The predicted octanol–water partition coefficient (Wildman–Crippen LogP) is 5.13. The first kappa shape index (κ1) is 21.5. The van der Waals surface area contributed by atoms with Gasteiger partial charge in [-0.25, -0.2) is 0 Å². The number of para-hydroxylation sites is 1. The molecule has 3 rings (SSSR count). The van der Waals surface area contributed by atoms with Crippen LogP contribution in [0.4, 0.5) is 11.4 Å². The number of thioether (sulfide) groups is 1. The van der Waals surface area contributed by atoms with Gasteiger partial charge in [-0.1, -0.05) is 36.4 Å². The van der Waals surface area contributed by atoms with Crippen molar-refractivity contribution in [3.63, 3.8) is 0 Å². The van der Waals surface area contributed by atoms with Crippen molar-refractivity contribution in [3.8, 4) is 5.75 Å². The van der Waals surface area contributed by atoms with Gasteiger partial charge in [0.2, 0.25) is 5.91 Å². The van der Waals surface area contributed by atoms with Gasteiger partial charge in [-0.3, -0.25) is 9.59 Å². The lowest BCUT2D eigenvalue weighted by atomic mass is 10.1. The van der Waals surface area contributed by atoms with Crippen molar-refractivity contribution in [2.24, 2.45) is 0 Å². The number of carbonyl (C=O) groups is 2. The highest BCUT2D eigenvalue weighted by atomic mass is 32.2. The minimum Gasteiger partial charge on any atom is -0.497 e. The third-order valence-electron chi connectivity index (χ3n) is 4.36. The zero-order valence-corrected chi connectivity index (χ0v) is 17.8. The monoisotopic (exact) mass is 420 g/mol. The van der Waals surface area contributed by atoms with Crippen molar-refractivity contribution in [3.05, 3.63) is 89.5 Å². The lowest BCUT2D eigenvalue weighted by Crippen LogP contribution is -2.19. The number of hydrogen-bond donors (Lipinski definition) is 2. The van der Waals surface area contributed by atoms with E-state index in [0.717, 1.165) is 22.6 Å². The number of nitrogens with one attached hydrogen (secondary N) is 2. The Morgan fingerprint density at radius 2 is 1.73 bits per heavy atom. The van der Waals surface area contributed by atoms with Gasteiger partial charge >= 0.3 is 0 Å². The van der Waals surface area contributed by atoms with Crippen molar-refractivity contribution in [1.29, 1.82) is 0 Å². The molecule has 5 nitrogen and oxygen atoms in total. The van der Waals surface area contributed by atoms with E-state index in [1.807, 2.05) is 55.5 Å². The summed E-state index contributed by atoms with van der Waals surface area (Å²) in [6.45, 7) is 1.97. The third-order valence-corrected chi connectivity index (χ3v) is 5.36. The molecule has 0 bridgehead atoms. The Bertz CT molecular complexity index is 1040. The van der Waals surface area contributed by atoms with E-state index in [-0.39, 0.29) is 17.6 Å². The summed E-state index contributed by atoms with van der Waals surface area (Å²) >= 11 is 1.50. The molecule has 0 fully saturated rings. The second-order valence-electron chi connectivity index (χ2n) is 6.76. The fourth-order valence-corrected chi connectivity index (χ4v) is 3.70. The largest absolute Gasteiger partial charge is 0.497 e. The van der Waals surface area contributed by atoms with Crippen LogP contribution in [0.25, 0.3) is 0 Å². The first-order valence-corrected chi connectivity index (χ1v) is 10.7. The molecule has 0 aliphatic carbocycles. The van der Waals surface area contributed by atoms with E-state index in [9.17, 15) is 9.59 Å². The maximum absolute atomic E-state index is 12.7. The van der Waals surface area contributed by atoms with Crippen LogP contribution >= 0.6 is 11.8 Å². The van der Waals surface area contributed by atoms with E-state index < -0.39 is 0 Å². The molecular formula is C24H24N2O3S. The Labute approximate surface area is 180 Å². The van der Waals surface area contributed by atoms with Gasteiger partial charge in [0.15, 0.2) is 0 Å². The maximum Gasteiger partial charge on any atom is 0.257 e. The Morgan fingerprint density at radius 1 is 0.933 bits per heavy atom. The minimum atomic E-state index is -0.263. The summed E-state index contributed by atoms with van der Waals surface area (Å²) in [5.41, 5.74) is 3.78. The molecule has 0 atom stereocenters. The van der Waals surface area contributed by atoms with E-state index in [2.05, 4.69) is 10.6 Å². The average molecular weight is 421 g/mol. The van der Waals surface area contributed by atoms with Crippen LogP contribution in [-0.4, -0.2) is 24.7 Å². The highest BCUT2D eigenvalue weighted by Crippen LogP contribution is 2.20. The fraction of sp³-hybridized carbons (Fsp3) is 0.167. The molecular weight excluding hydrogens is 396 g/mol. The normalized spacial score (nSPS) is 10.3. The smallest absolute Gasteiger partial charge is 0.257 e. The number of amides is 2. The Hall–Kier alpha value is -3.25. The zero-order chi connectivity index (χ0) is 21.3. The number of rotatable bonds is 8. The standard InChI is InChI=1S/C24H24N2O3S/c1-17-7-5-9-19(13-17)25-24(28)21-11-3-4-12-22(21)26-23(27)16-30-15-18-8-6-10-20(14-18)29-2/h3-14H,15-16H2,1-2H3,(H,25,28)(H,26,27). The maximum atomic E-state index is 12.7. The highest BCUT2D eigenvalue weighted by molar-refractivity contribution is 7.99. The van der Waals surface area contributed by atoms with E-state index in [4.69, 9.17) is 4.74 Å². The molecule has 3 aromatic rings. The van der Waals surface area contributed by atoms with Crippen LogP contribution in [0.5, 0.6) is 5.75 Å². The van der Waals surface area contributed by atoms with Crippen LogP contribution in [0.3, 0.4) is 0 Å². The molecule has 0 radical (unpaired) electrons. The quantitative estimate of drug-likeness (QED) is 0.530. The minimum absolute atomic E-state index is 0.154. The SMILES string of the molecule is COc1cccc(CSCC(=O)Nc2ccccc2C(=O)Nc2cccc(C)c2)c1. The number of hydrogen-bond acceptors (Lipinski definition) is 4. The summed E-state index contributed by atoms with van der Waals surface area (Å²) < 4.78 is 5.22. The molecule has 30 heavy (non-hydrogen) atoms. The molecule has 0 aliphatic heterocycles. The Morgan fingerprint density at radius 3 is 2.53 bits per heavy atom. The number of anilines is 2. The summed E-state index contributed by atoms with van der Waals surface area (Å²) in [5.74, 6) is 1.36. The van der Waals surface area contributed by atoms with E-state index in [1.165, 1.54) is 11.8 Å². The molecule has 2 N–H and O–H groups in total. The van der Waals surface area contributed by atoms with Crippen molar-refractivity contribution in [2.75, 3.05) is 23.5 Å². The molecule has 0 saturated carbocycles. The molecule has 0 aromatic heterocycles. The molecule has 0 spiro atoms. The van der Waals surface area contributed by atoms with Crippen molar-refractivity contribution in [2.45, 2.75) is 12.7 Å². The van der Waals surface area contributed by atoms with Gasteiger partial charge in [0.1, 0.15) is 5.75 Å². The van der Waals surface area contributed by atoms with E-state index in [1.54, 1.807) is 31.4 Å². The van der Waals surface area contributed by atoms with Crippen LogP contribution in [0.1, 0.15) is 21.5 Å². The first-order chi connectivity index (χ1) is 14.5. The molecule has 2 amide bonds. The van der Waals surface area contributed by atoms with Gasteiger partial charge in [0.25, 0.3) is 5.91 Å². The van der Waals surface area contributed by atoms with Crippen molar-refractivity contribution >= 4 is 35.0 Å². The van der Waals surface area contributed by atoms with Crippen LogP contribution in [0.15, 0.2) is 72.8 Å². The van der Waals surface area contributed by atoms with Crippen LogP contribution < -0.4 is 15.4 Å². The summed E-state index contributed by atoms with van der Waals surface area (Å²) in [6.07, 6.45) is 0. The average Bonchev–Trinajstić information content (AvgIpc) is 2.74. The molecule has 0 heterocycles. The topological polar surface area (TPSA) is 67.4 Å². The molecule has 3 aromatic carbocycles. The zero-order valence-electron chi connectivity index (χ0n) is 17.0.